The first-order chi connectivity index (χ1) is 22.3. The van der Waals surface area contributed by atoms with Gasteiger partial charge in [0.15, 0.2) is 6.29 Å². The van der Waals surface area contributed by atoms with Crippen LogP contribution in [0.5, 0.6) is 0 Å². The predicted molar refractivity (Wildman–Crippen MR) is 174 cm³/mol. The molecule has 11 nitrogen and oxygen atoms in total. The molecule has 2 fully saturated rings. The Morgan fingerprint density at radius 3 is 2.11 bits per heavy atom. The lowest BCUT2D eigenvalue weighted by molar-refractivity contribution is -0.384. The van der Waals surface area contributed by atoms with Crippen molar-refractivity contribution in [1.82, 2.24) is 4.90 Å². The zero-order valence-electron chi connectivity index (χ0n) is 25.1. The number of sulfonamides is 1. The second-order valence-electron chi connectivity index (χ2n) is 11.5. The molecule has 4 aromatic carbocycles. The van der Waals surface area contributed by atoms with Crippen molar-refractivity contribution in [3.05, 3.63) is 130 Å². The van der Waals surface area contributed by atoms with E-state index in [4.69, 9.17) is 9.47 Å². The third-order valence-corrected chi connectivity index (χ3v) is 9.76. The maximum absolute atomic E-state index is 12.8. The number of hydrogen-bond donors (Lipinski definition) is 2. The molecular weight excluding hydrogens is 608 g/mol. The highest BCUT2D eigenvalue weighted by molar-refractivity contribution is 7.92. The van der Waals surface area contributed by atoms with Crippen molar-refractivity contribution in [2.45, 2.75) is 36.4 Å². The lowest BCUT2D eigenvalue weighted by Gasteiger charge is -2.41. The number of anilines is 2. The molecule has 0 saturated carbocycles. The SMILES string of the molecule is O=[N+]([O-])c1ccc(N2CCN(C[C@@H]3C[C@H](c4ccc(CO)cc4)O[C@H](c4ccc(NS(=O)(=O)c5ccccc5)cc4)O3)CC2)cc1. The van der Waals surface area contributed by atoms with Crippen molar-refractivity contribution >= 4 is 27.1 Å². The quantitative estimate of drug-likeness (QED) is 0.175. The molecule has 0 spiro atoms. The number of hydrogen-bond acceptors (Lipinski definition) is 9. The first-order valence-electron chi connectivity index (χ1n) is 15.2. The molecule has 2 N–H and O–H groups in total. The van der Waals surface area contributed by atoms with Gasteiger partial charge in [-0.1, -0.05) is 54.6 Å². The van der Waals surface area contributed by atoms with E-state index in [1.807, 2.05) is 36.4 Å². The molecule has 3 atom stereocenters. The zero-order valence-corrected chi connectivity index (χ0v) is 26.0. The number of non-ortho nitro benzene ring substituents is 1. The van der Waals surface area contributed by atoms with E-state index in [-0.39, 0.29) is 29.4 Å². The number of ether oxygens (including phenoxy) is 2. The molecule has 0 radical (unpaired) electrons. The molecule has 2 aliphatic rings. The second kappa shape index (κ2) is 14.0. The number of piperazine rings is 1. The van der Waals surface area contributed by atoms with E-state index in [0.29, 0.717) is 18.7 Å². The molecule has 46 heavy (non-hydrogen) atoms. The van der Waals surface area contributed by atoms with E-state index in [1.54, 1.807) is 54.6 Å². The molecule has 12 heteroatoms. The molecule has 0 aliphatic carbocycles. The third kappa shape index (κ3) is 7.54. The van der Waals surface area contributed by atoms with Gasteiger partial charge in [-0.2, -0.15) is 0 Å². The van der Waals surface area contributed by atoms with Crippen LogP contribution in [0.3, 0.4) is 0 Å². The number of rotatable bonds is 10. The smallest absolute Gasteiger partial charge is 0.269 e. The third-order valence-electron chi connectivity index (χ3n) is 8.36. The number of nitrogens with one attached hydrogen (secondary N) is 1. The zero-order chi connectivity index (χ0) is 32.1. The summed E-state index contributed by atoms with van der Waals surface area (Å²) >= 11 is 0. The minimum absolute atomic E-state index is 0.0353. The van der Waals surface area contributed by atoms with Crippen LogP contribution in [0.25, 0.3) is 0 Å². The highest BCUT2D eigenvalue weighted by atomic mass is 32.2. The number of nitrogens with zero attached hydrogens (tertiary/aromatic N) is 3. The van der Waals surface area contributed by atoms with Gasteiger partial charge in [0.2, 0.25) is 0 Å². The average Bonchev–Trinajstić information content (AvgIpc) is 3.09. The predicted octanol–water partition coefficient (Wildman–Crippen LogP) is 5.26. The molecular formula is C34H36N4O7S. The maximum Gasteiger partial charge on any atom is 0.269 e. The van der Waals surface area contributed by atoms with Crippen LogP contribution in [0.15, 0.2) is 108 Å². The van der Waals surface area contributed by atoms with Gasteiger partial charge >= 0.3 is 0 Å². The molecule has 0 unspecified atom stereocenters. The minimum Gasteiger partial charge on any atom is -0.392 e. The molecule has 2 saturated heterocycles. The van der Waals surface area contributed by atoms with Crippen molar-refractivity contribution < 1.29 is 27.9 Å². The Labute approximate surface area is 268 Å². The van der Waals surface area contributed by atoms with E-state index in [1.165, 1.54) is 12.1 Å². The summed E-state index contributed by atoms with van der Waals surface area (Å²) in [5.74, 6) is 0. The number of nitro groups is 1. The summed E-state index contributed by atoms with van der Waals surface area (Å²) in [6.07, 6.45) is -0.396. The van der Waals surface area contributed by atoms with E-state index in [2.05, 4.69) is 14.5 Å². The standard InChI is InChI=1S/C34H36N4O7S/c39-24-25-6-8-26(9-7-25)33-22-31(23-36-18-20-37(21-19-36)29-14-16-30(17-15-29)38(40)41)44-34(45-33)27-10-12-28(13-11-27)35-46(42,43)32-4-2-1-3-5-32/h1-17,31,33-35,39H,18-24H2/t31-,33+,34+/m0/s1. The van der Waals surface area contributed by atoms with Crippen LogP contribution < -0.4 is 9.62 Å². The summed E-state index contributed by atoms with van der Waals surface area (Å²) in [5, 5.41) is 20.5. The number of aliphatic hydroxyl groups excluding tert-OH is 1. The van der Waals surface area contributed by atoms with Crippen molar-refractivity contribution in [3.8, 4) is 0 Å². The van der Waals surface area contributed by atoms with Crippen molar-refractivity contribution in [3.63, 3.8) is 0 Å². The topological polar surface area (TPSA) is 134 Å². The molecule has 0 amide bonds. The molecule has 2 aliphatic heterocycles. The second-order valence-corrected chi connectivity index (χ2v) is 13.1. The number of aliphatic hydroxyl groups is 1. The van der Waals surface area contributed by atoms with Crippen LogP contribution in [0.1, 0.15) is 35.5 Å². The maximum atomic E-state index is 12.8. The van der Waals surface area contributed by atoms with Gasteiger partial charge < -0.3 is 19.5 Å². The van der Waals surface area contributed by atoms with Crippen LogP contribution in [-0.2, 0) is 26.1 Å². The van der Waals surface area contributed by atoms with E-state index < -0.39 is 21.2 Å². The molecule has 0 bridgehead atoms. The van der Waals surface area contributed by atoms with Crippen LogP contribution >= 0.6 is 0 Å². The van der Waals surface area contributed by atoms with E-state index in [9.17, 15) is 23.6 Å². The van der Waals surface area contributed by atoms with Gasteiger partial charge in [0, 0.05) is 68.2 Å². The highest BCUT2D eigenvalue weighted by Crippen LogP contribution is 2.38. The fourth-order valence-corrected chi connectivity index (χ4v) is 6.90. The molecule has 4 aromatic rings. The summed E-state index contributed by atoms with van der Waals surface area (Å²) in [5.41, 5.74) is 4.06. The van der Waals surface area contributed by atoms with E-state index >= 15 is 0 Å². The summed E-state index contributed by atoms with van der Waals surface area (Å²) in [7, 11) is -3.72. The highest BCUT2D eigenvalue weighted by Gasteiger charge is 2.34. The van der Waals surface area contributed by atoms with Crippen LogP contribution in [0, 0.1) is 10.1 Å². The van der Waals surface area contributed by atoms with Gasteiger partial charge in [-0.3, -0.25) is 19.7 Å². The normalized spacial score (nSPS) is 20.7. The summed E-state index contributed by atoms with van der Waals surface area (Å²) in [6.45, 7) is 3.87. The first kappa shape index (κ1) is 31.6. The lowest BCUT2D eigenvalue weighted by Crippen LogP contribution is -2.49. The van der Waals surface area contributed by atoms with E-state index in [0.717, 1.165) is 48.6 Å². The van der Waals surface area contributed by atoms with Crippen molar-refractivity contribution in [2.24, 2.45) is 0 Å². The van der Waals surface area contributed by atoms with Crippen LogP contribution in [-0.4, -0.2) is 62.2 Å². The van der Waals surface area contributed by atoms with Gasteiger partial charge in [0.25, 0.3) is 15.7 Å². The molecule has 2 heterocycles. The average molecular weight is 645 g/mol. The molecule has 6 rings (SSSR count). The van der Waals surface area contributed by atoms with Crippen molar-refractivity contribution in [1.29, 1.82) is 0 Å². The fourth-order valence-electron chi connectivity index (χ4n) is 5.82. The number of nitro benzene ring substituents is 1. The Kier molecular flexibility index (Phi) is 9.61. The Balaban J connectivity index is 1.14. The van der Waals surface area contributed by atoms with Crippen LogP contribution in [0.4, 0.5) is 17.1 Å². The summed E-state index contributed by atoms with van der Waals surface area (Å²) < 4.78 is 41.2. The van der Waals surface area contributed by atoms with Crippen LogP contribution in [0.2, 0.25) is 0 Å². The first-order valence-corrected chi connectivity index (χ1v) is 16.7. The monoisotopic (exact) mass is 644 g/mol. The largest absolute Gasteiger partial charge is 0.392 e. The Bertz CT molecular complexity index is 1710. The fraction of sp³-hybridized carbons (Fsp3) is 0.294. The summed E-state index contributed by atoms with van der Waals surface area (Å²) in [6, 6.07) is 29.6. The van der Waals surface area contributed by atoms with Gasteiger partial charge in [-0.05, 0) is 47.5 Å². The van der Waals surface area contributed by atoms with Gasteiger partial charge in [0.1, 0.15) is 0 Å². The Hall–Kier alpha value is -4.33. The lowest BCUT2D eigenvalue weighted by atomic mass is 9.99. The Morgan fingerprint density at radius 1 is 0.826 bits per heavy atom. The Morgan fingerprint density at radius 2 is 1.48 bits per heavy atom. The molecule has 240 valence electrons. The molecule has 0 aromatic heterocycles. The van der Waals surface area contributed by atoms with Gasteiger partial charge in [-0.15, -0.1) is 0 Å². The minimum atomic E-state index is -3.72. The van der Waals surface area contributed by atoms with Crippen molar-refractivity contribution in [2.75, 3.05) is 42.3 Å². The van der Waals surface area contributed by atoms with Gasteiger partial charge in [-0.25, -0.2) is 8.42 Å². The summed E-state index contributed by atoms with van der Waals surface area (Å²) in [4.78, 5) is 15.4. The number of benzene rings is 4. The van der Waals surface area contributed by atoms with Gasteiger partial charge in [0.05, 0.1) is 28.6 Å².